The molecule has 0 aliphatic carbocycles. The van der Waals surface area contributed by atoms with E-state index in [0.29, 0.717) is 16.4 Å². The number of aromatic nitrogens is 2. The Bertz CT molecular complexity index is 317. The lowest BCUT2D eigenvalue weighted by Crippen LogP contribution is -2.09. The minimum atomic E-state index is 0.372. The molecule has 0 amide bonds. The zero-order valence-electron chi connectivity index (χ0n) is 6.24. The third-order valence-electron chi connectivity index (χ3n) is 1.37. The first kappa shape index (κ1) is 8.00. The number of nitrogens with two attached hydrogens (primary N) is 2. The second-order valence-corrected chi connectivity index (χ2v) is 2.54. The first-order valence-corrected chi connectivity index (χ1v) is 3.68. The number of rotatable bonds is 1. The van der Waals surface area contributed by atoms with Gasteiger partial charge in [-0.15, -0.1) is 0 Å². The highest BCUT2D eigenvalue weighted by molar-refractivity contribution is 7.71. The van der Waals surface area contributed by atoms with E-state index < -0.39 is 0 Å². The van der Waals surface area contributed by atoms with Crippen molar-refractivity contribution >= 4 is 24.0 Å². The van der Waals surface area contributed by atoms with E-state index in [2.05, 4.69) is 4.98 Å². The molecule has 5 heteroatoms. The van der Waals surface area contributed by atoms with E-state index in [-0.39, 0.29) is 0 Å². The summed E-state index contributed by atoms with van der Waals surface area (Å²) in [7, 11) is 0. The van der Waals surface area contributed by atoms with Gasteiger partial charge in [0.2, 0.25) is 5.95 Å². The SMILES string of the molecule is CCn1c(N)nc(N)cc1=S. The molecule has 4 N–H and O–H groups in total. The van der Waals surface area contributed by atoms with Crippen molar-refractivity contribution in [3.8, 4) is 0 Å². The maximum Gasteiger partial charge on any atom is 0.203 e. The number of nitrogen functional groups attached to an aromatic ring is 2. The standard InChI is InChI=1S/C6H10N4S/c1-2-10-5(11)3-4(7)9-6(10)8/h3H,2,7H2,1H3,(H2,8,9). The van der Waals surface area contributed by atoms with Crippen molar-refractivity contribution in [1.82, 2.24) is 9.55 Å². The Hall–Kier alpha value is -1.10. The quantitative estimate of drug-likeness (QED) is 0.611. The van der Waals surface area contributed by atoms with Crippen LogP contribution in [0.2, 0.25) is 0 Å². The summed E-state index contributed by atoms with van der Waals surface area (Å²) in [6.45, 7) is 2.67. The predicted molar refractivity (Wildman–Crippen MR) is 47.6 cm³/mol. The third-order valence-corrected chi connectivity index (χ3v) is 1.71. The normalized spacial score (nSPS) is 9.91. The molecule has 0 saturated heterocycles. The largest absolute Gasteiger partial charge is 0.383 e. The lowest BCUT2D eigenvalue weighted by Gasteiger charge is -2.06. The summed E-state index contributed by atoms with van der Waals surface area (Å²) in [5.41, 5.74) is 10.9. The van der Waals surface area contributed by atoms with Gasteiger partial charge in [0.25, 0.3) is 0 Å². The van der Waals surface area contributed by atoms with Crippen LogP contribution in [0.5, 0.6) is 0 Å². The molecular formula is C6H10N4S. The molecule has 0 aliphatic rings. The van der Waals surface area contributed by atoms with Gasteiger partial charge in [0.1, 0.15) is 10.5 Å². The summed E-state index contributed by atoms with van der Waals surface area (Å²) >= 11 is 4.99. The van der Waals surface area contributed by atoms with Gasteiger partial charge >= 0.3 is 0 Å². The fourth-order valence-electron chi connectivity index (χ4n) is 0.860. The number of hydrogen-bond donors (Lipinski definition) is 2. The van der Waals surface area contributed by atoms with Gasteiger partial charge in [-0.3, -0.25) is 0 Å². The smallest absolute Gasteiger partial charge is 0.203 e. The fourth-order valence-corrected chi connectivity index (χ4v) is 1.20. The second kappa shape index (κ2) is 2.87. The van der Waals surface area contributed by atoms with Crippen LogP contribution in [0.1, 0.15) is 6.92 Å². The Morgan fingerprint density at radius 2 is 2.27 bits per heavy atom. The molecule has 0 bridgehead atoms. The van der Waals surface area contributed by atoms with E-state index in [4.69, 9.17) is 23.7 Å². The molecule has 4 nitrogen and oxygen atoms in total. The van der Waals surface area contributed by atoms with Crippen LogP contribution in [0.15, 0.2) is 6.07 Å². The van der Waals surface area contributed by atoms with E-state index in [1.807, 2.05) is 6.92 Å². The second-order valence-electron chi connectivity index (χ2n) is 2.12. The average molecular weight is 170 g/mol. The lowest BCUT2D eigenvalue weighted by atomic mass is 10.5. The number of nitrogens with zero attached hydrogens (tertiary/aromatic N) is 2. The van der Waals surface area contributed by atoms with Crippen LogP contribution in [0.4, 0.5) is 11.8 Å². The highest BCUT2D eigenvalue weighted by Gasteiger charge is 1.97. The van der Waals surface area contributed by atoms with Crippen molar-refractivity contribution in [2.45, 2.75) is 13.5 Å². The summed E-state index contributed by atoms with van der Waals surface area (Å²) < 4.78 is 2.34. The van der Waals surface area contributed by atoms with Crippen LogP contribution in [0.25, 0.3) is 0 Å². The van der Waals surface area contributed by atoms with Gasteiger partial charge in [-0.1, -0.05) is 12.2 Å². The topological polar surface area (TPSA) is 69.9 Å². The van der Waals surface area contributed by atoms with Crippen molar-refractivity contribution in [3.63, 3.8) is 0 Å². The molecule has 1 rings (SSSR count). The van der Waals surface area contributed by atoms with Crippen molar-refractivity contribution in [3.05, 3.63) is 10.7 Å². The molecule has 0 aromatic carbocycles. The monoisotopic (exact) mass is 170 g/mol. The van der Waals surface area contributed by atoms with Gasteiger partial charge in [-0.2, -0.15) is 4.98 Å². The molecule has 60 valence electrons. The predicted octanol–water partition coefficient (Wildman–Crippen LogP) is 0.797. The summed E-state index contributed by atoms with van der Waals surface area (Å²) in [4.78, 5) is 3.86. The van der Waals surface area contributed by atoms with Gasteiger partial charge in [0, 0.05) is 12.6 Å². The van der Waals surface area contributed by atoms with E-state index >= 15 is 0 Å². The van der Waals surface area contributed by atoms with Crippen LogP contribution in [-0.2, 0) is 6.54 Å². The van der Waals surface area contributed by atoms with Gasteiger partial charge in [0.05, 0.1) is 0 Å². The minimum Gasteiger partial charge on any atom is -0.383 e. The van der Waals surface area contributed by atoms with Gasteiger partial charge in [0.15, 0.2) is 0 Å². The Balaban J connectivity index is 3.37. The molecule has 0 saturated carbocycles. The highest BCUT2D eigenvalue weighted by atomic mass is 32.1. The summed E-state index contributed by atoms with van der Waals surface area (Å²) in [6.07, 6.45) is 0. The van der Waals surface area contributed by atoms with Gasteiger partial charge in [-0.25, -0.2) is 0 Å². The molecule has 1 heterocycles. The molecular weight excluding hydrogens is 160 g/mol. The molecule has 1 aromatic rings. The molecule has 0 radical (unpaired) electrons. The molecule has 0 fully saturated rings. The summed E-state index contributed by atoms with van der Waals surface area (Å²) in [5, 5.41) is 0. The van der Waals surface area contributed by atoms with Gasteiger partial charge < -0.3 is 16.0 Å². The van der Waals surface area contributed by atoms with Crippen molar-refractivity contribution < 1.29 is 0 Å². The van der Waals surface area contributed by atoms with Crippen LogP contribution in [0.3, 0.4) is 0 Å². The maximum absolute atomic E-state index is 5.54. The highest BCUT2D eigenvalue weighted by Crippen LogP contribution is 2.05. The van der Waals surface area contributed by atoms with Gasteiger partial charge in [-0.05, 0) is 6.92 Å². The maximum atomic E-state index is 5.54. The first-order chi connectivity index (χ1) is 5.15. The van der Waals surface area contributed by atoms with Crippen LogP contribution < -0.4 is 11.5 Å². The molecule has 0 aliphatic heterocycles. The lowest BCUT2D eigenvalue weighted by molar-refractivity contribution is 0.740. The first-order valence-electron chi connectivity index (χ1n) is 3.28. The zero-order chi connectivity index (χ0) is 8.43. The van der Waals surface area contributed by atoms with Crippen LogP contribution in [0, 0.1) is 4.64 Å². The summed E-state index contributed by atoms with van der Waals surface area (Å²) in [5.74, 6) is 0.745. The van der Waals surface area contributed by atoms with Crippen LogP contribution in [-0.4, -0.2) is 9.55 Å². The Morgan fingerprint density at radius 3 is 2.73 bits per heavy atom. The minimum absolute atomic E-state index is 0.372. The molecule has 11 heavy (non-hydrogen) atoms. The van der Waals surface area contributed by atoms with E-state index in [1.165, 1.54) is 0 Å². The van der Waals surface area contributed by atoms with E-state index in [0.717, 1.165) is 6.54 Å². The van der Waals surface area contributed by atoms with Crippen molar-refractivity contribution in [1.29, 1.82) is 0 Å². The average Bonchev–Trinajstić information content (AvgIpc) is 1.85. The molecule has 1 aromatic heterocycles. The number of hydrogen-bond acceptors (Lipinski definition) is 4. The Kier molecular flexibility index (Phi) is 2.09. The van der Waals surface area contributed by atoms with E-state index in [9.17, 15) is 0 Å². The third kappa shape index (κ3) is 1.48. The molecule has 0 atom stereocenters. The molecule has 0 spiro atoms. The fraction of sp³-hybridized carbons (Fsp3) is 0.333. The summed E-state index contributed by atoms with van der Waals surface area (Å²) in [6, 6.07) is 1.62. The Morgan fingerprint density at radius 1 is 1.64 bits per heavy atom. The van der Waals surface area contributed by atoms with Crippen molar-refractivity contribution in [2.75, 3.05) is 11.5 Å². The Labute approximate surface area is 69.8 Å². The van der Waals surface area contributed by atoms with E-state index in [1.54, 1.807) is 10.6 Å². The van der Waals surface area contributed by atoms with Crippen LogP contribution >= 0.6 is 12.2 Å². The molecule has 0 unspecified atom stereocenters. The van der Waals surface area contributed by atoms with Crippen molar-refractivity contribution in [2.24, 2.45) is 0 Å². The zero-order valence-corrected chi connectivity index (χ0v) is 7.06. The number of anilines is 2.